The number of nitrogens with one attached hydrogen (secondary N) is 1. The van der Waals surface area contributed by atoms with E-state index in [1.165, 1.54) is 0 Å². The molecule has 0 spiro atoms. The van der Waals surface area contributed by atoms with Crippen molar-refractivity contribution < 1.29 is 27.5 Å². The van der Waals surface area contributed by atoms with Crippen LogP contribution in [0, 0.1) is 0 Å². The molecule has 0 saturated carbocycles. The maximum atomic E-state index is 12.8. The van der Waals surface area contributed by atoms with Crippen molar-refractivity contribution in [3.05, 3.63) is 76.8 Å². The normalized spacial score (nSPS) is 11.3. The zero-order valence-electron chi connectivity index (χ0n) is 14.2. The van der Waals surface area contributed by atoms with Gasteiger partial charge >= 0.3 is 12.1 Å². The molecule has 3 rings (SSSR count). The molecule has 0 saturated heterocycles. The van der Waals surface area contributed by atoms with Gasteiger partial charge < -0.3 is 10.1 Å². The van der Waals surface area contributed by atoms with Crippen LogP contribution in [-0.2, 0) is 15.7 Å². The van der Waals surface area contributed by atoms with E-state index in [2.05, 4.69) is 5.32 Å². The van der Waals surface area contributed by atoms with Gasteiger partial charge in [-0.2, -0.15) is 13.2 Å². The molecule has 144 valence electrons. The van der Waals surface area contributed by atoms with Crippen LogP contribution in [0.2, 0.25) is 5.02 Å². The molecule has 0 aliphatic carbocycles. The Morgan fingerprint density at radius 2 is 1.71 bits per heavy atom. The van der Waals surface area contributed by atoms with Gasteiger partial charge in [0, 0.05) is 0 Å². The highest BCUT2D eigenvalue weighted by molar-refractivity contribution is 6.33. The molecule has 8 heteroatoms. The molecule has 0 radical (unpaired) electrons. The van der Waals surface area contributed by atoms with Gasteiger partial charge in [-0.25, -0.2) is 4.79 Å². The first-order valence-electron chi connectivity index (χ1n) is 8.07. The van der Waals surface area contributed by atoms with Crippen molar-refractivity contribution in [2.24, 2.45) is 0 Å². The third-order valence-electron chi connectivity index (χ3n) is 3.91. The van der Waals surface area contributed by atoms with Gasteiger partial charge in [0.25, 0.3) is 5.91 Å². The van der Waals surface area contributed by atoms with Gasteiger partial charge in [-0.1, -0.05) is 48.0 Å². The van der Waals surface area contributed by atoms with Crippen molar-refractivity contribution in [2.75, 3.05) is 11.9 Å². The first-order valence-corrected chi connectivity index (χ1v) is 8.45. The quantitative estimate of drug-likeness (QED) is 0.596. The molecule has 0 aromatic heterocycles. The van der Waals surface area contributed by atoms with E-state index in [0.717, 1.165) is 17.5 Å². The number of ether oxygens (including phenoxy) is 1. The van der Waals surface area contributed by atoms with Crippen LogP contribution in [0.5, 0.6) is 0 Å². The van der Waals surface area contributed by atoms with E-state index in [1.54, 1.807) is 24.3 Å². The number of fused-ring (bicyclic) bond motifs is 1. The van der Waals surface area contributed by atoms with Crippen LogP contribution in [0.4, 0.5) is 18.9 Å². The maximum absolute atomic E-state index is 12.8. The highest BCUT2D eigenvalue weighted by Crippen LogP contribution is 2.33. The van der Waals surface area contributed by atoms with Crippen LogP contribution in [0.1, 0.15) is 15.9 Å². The summed E-state index contributed by atoms with van der Waals surface area (Å²) in [7, 11) is 0. The second kappa shape index (κ2) is 7.90. The maximum Gasteiger partial charge on any atom is 0.416 e. The minimum atomic E-state index is -4.58. The van der Waals surface area contributed by atoms with E-state index < -0.39 is 30.2 Å². The molecule has 0 fully saturated rings. The lowest BCUT2D eigenvalue weighted by molar-refractivity contribution is -0.137. The van der Waals surface area contributed by atoms with E-state index >= 15 is 0 Å². The molecule has 0 atom stereocenters. The average molecular weight is 408 g/mol. The first kappa shape index (κ1) is 19.7. The molecule has 3 aromatic carbocycles. The van der Waals surface area contributed by atoms with Crippen molar-refractivity contribution in [2.45, 2.75) is 6.18 Å². The van der Waals surface area contributed by atoms with Crippen molar-refractivity contribution >= 4 is 39.9 Å². The monoisotopic (exact) mass is 407 g/mol. The summed E-state index contributed by atoms with van der Waals surface area (Å²) in [4.78, 5) is 24.3. The fourth-order valence-corrected chi connectivity index (χ4v) is 2.76. The second-order valence-electron chi connectivity index (χ2n) is 5.84. The van der Waals surface area contributed by atoms with Gasteiger partial charge in [0.1, 0.15) is 0 Å². The second-order valence-corrected chi connectivity index (χ2v) is 6.25. The smallest absolute Gasteiger partial charge is 0.416 e. The lowest BCUT2D eigenvalue weighted by atomic mass is 10.1. The van der Waals surface area contributed by atoms with Crippen molar-refractivity contribution in [1.82, 2.24) is 0 Å². The summed E-state index contributed by atoms with van der Waals surface area (Å²) in [5.41, 5.74) is -0.898. The molecule has 1 N–H and O–H groups in total. The Bertz CT molecular complexity index is 1050. The van der Waals surface area contributed by atoms with Crippen molar-refractivity contribution in [3.63, 3.8) is 0 Å². The lowest BCUT2D eigenvalue weighted by Gasteiger charge is -2.12. The van der Waals surface area contributed by atoms with Crippen molar-refractivity contribution in [1.29, 1.82) is 0 Å². The minimum Gasteiger partial charge on any atom is -0.452 e. The number of alkyl halides is 3. The Balaban J connectivity index is 1.68. The number of hydrogen-bond donors (Lipinski definition) is 1. The summed E-state index contributed by atoms with van der Waals surface area (Å²) in [5.74, 6) is -1.53. The van der Waals surface area contributed by atoms with Crippen LogP contribution in [0.25, 0.3) is 10.8 Å². The molecule has 0 bridgehead atoms. The zero-order chi connectivity index (χ0) is 20.3. The van der Waals surface area contributed by atoms with Gasteiger partial charge in [-0.3, -0.25) is 4.79 Å². The Morgan fingerprint density at radius 3 is 2.46 bits per heavy atom. The number of hydrogen-bond acceptors (Lipinski definition) is 3. The summed E-state index contributed by atoms with van der Waals surface area (Å²) in [6.45, 7) is -0.672. The molecule has 0 aliphatic rings. The summed E-state index contributed by atoms with van der Waals surface area (Å²) < 4.78 is 43.3. The molecular weight excluding hydrogens is 395 g/mol. The van der Waals surface area contributed by atoms with Gasteiger partial charge in [0.05, 0.1) is 21.8 Å². The van der Waals surface area contributed by atoms with E-state index in [4.69, 9.17) is 16.3 Å². The molecule has 3 aromatic rings. The topological polar surface area (TPSA) is 55.4 Å². The number of esters is 1. The SMILES string of the molecule is O=C(COC(=O)c1cccc2ccccc12)Nc1cc(C(F)(F)F)ccc1Cl. The first-order chi connectivity index (χ1) is 13.3. The van der Waals surface area contributed by atoms with E-state index in [0.29, 0.717) is 11.5 Å². The summed E-state index contributed by atoms with van der Waals surface area (Å²) >= 11 is 5.82. The molecule has 0 unspecified atom stereocenters. The van der Waals surface area contributed by atoms with E-state index in [9.17, 15) is 22.8 Å². The van der Waals surface area contributed by atoms with Crippen LogP contribution < -0.4 is 5.32 Å². The van der Waals surface area contributed by atoms with Gasteiger partial charge in [0.2, 0.25) is 0 Å². The standard InChI is InChI=1S/C20H13ClF3NO3/c21-16-9-8-13(20(22,23)24)10-17(16)25-18(26)11-28-19(27)15-7-3-5-12-4-1-2-6-14(12)15/h1-10H,11H2,(H,25,26). The number of benzene rings is 3. The molecule has 1 amide bonds. The van der Waals surface area contributed by atoms with Crippen LogP contribution in [0.3, 0.4) is 0 Å². The molecule has 0 aliphatic heterocycles. The number of halogens is 4. The van der Waals surface area contributed by atoms with Gasteiger partial charge in [-0.05, 0) is 35.0 Å². The Labute approximate surface area is 162 Å². The van der Waals surface area contributed by atoms with Crippen LogP contribution in [-0.4, -0.2) is 18.5 Å². The summed E-state index contributed by atoms with van der Waals surface area (Å²) in [6.07, 6.45) is -4.58. The predicted molar refractivity (Wildman–Crippen MR) is 99.3 cm³/mol. The minimum absolute atomic E-state index is 0.0678. The fraction of sp³-hybridized carbons (Fsp3) is 0.100. The third-order valence-corrected chi connectivity index (χ3v) is 4.24. The Morgan fingerprint density at radius 1 is 1.00 bits per heavy atom. The molecule has 4 nitrogen and oxygen atoms in total. The number of amides is 1. The predicted octanol–water partition coefficient (Wildman–Crippen LogP) is 5.31. The van der Waals surface area contributed by atoms with E-state index in [-0.39, 0.29) is 16.3 Å². The van der Waals surface area contributed by atoms with E-state index in [1.807, 2.05) is 18.2 Å². The number of carbonyl (C=O) groups is 2. The van der Waals surface area contributed by atoms with Gasteiger partial charge in [0.15, 0.2) is 6.61 Å². The van der Waals surface area contributed by atoms with Gasteiger partial charge in [-0.15, -0.1) is 0 Å². The Kier molecular flexibility index (Phi) is 5.56. The molecule has 0 heterocycles. The highest BCUT2D eigenvalue weighted by Gasteiger charge is 2.31. The Hall–Kier alpha value is -3.06. The largest absolute Gasteiger partial charge is 0.452 e. The average Bonchev–Trinajstić information content (AvgIpc) is 2.66. The number of carbonyl (C=O) groups excluding carboxylic acids is 2. The zero-order valence-corrected chi connectivity index (χ0v) is 15.0. The number of rotatable bonds is 4. The fourth-order valence-electron chi connectivity index (χ4n) is 2.60. The lowest BCUT2D eigenvalue weighted by Crippen LogP contribution is -2.21. The highest BCUT2D eigenvalue weighted by atomic mass is 35.5. The molecule has 28 heavy (non-hydrogen) atoms. The van der Waals surface area contributed by atoms with Crippen LogP contribution >= 0.6 is 11.6 Å². The summed E-state index contributed by atoms with van der Waals surface area (Å²) in [5, 5.41) is 3.64. The third kappa shape index (κ3) is 4.43. The molecular formula is C20H13ClF3NO3. The van der Waals surface area contributed by atoms with Crippen LogP contribution in [0.15, 0.2) is 60.7 Å². The number of anilines is 1. The van der Waals surface area contributed by atoms with Crippen molar-refractivity contribution in [3.8, 4) is 0 Å². The summed E-state index contributed by atoms with van der Waals surface area (Å²) in [6, 6.07) is 14.8.